The Hall–Kier alpha value is -2.51. The summed E-state index contributed by atoms with van der Waals surface area (Å²) in [5.41, 5.74) is 0.572. The number of carbonyl (C=O) groups excluding carboxylic acids is 1. The van der Waals surface area contributed by atoms with Crippen LogP contribution < -0.4 is 10.9 Å². The molecule has 0 aliphatic carbocycles. The molecule has 1 N–H and O–H groups in total. The molecule has 8 heteroatoms. The third-order valence-corrected chi connectivity index (χ3v) is 3.78. The summed E-state index contributed by atoms with van der Waals surface area (Å²) in [4.78, 5) is 29.1. The third kappa shape index (κ3) is 3.37. The van der Waals surface area contributed by atoms with E-state index in [1.165, 1.54) is 7.05 Å². The number of carbonyl (C=O) groups is 1. The second-order valence-corrected chi connectivity index (χ2v) is 6.92. The summed E-state index contributed by atoms with van der Waals surface area (Å²) in [5.74, 6) is 0.376. The predicted octanol–water partition coefficient (Wildman–Crippen LogP) is 1.57. The van der Waals surface area contributed by atoms with Crippen LogP contribution in [0.5, 0.6) is 0 Å². The number of hydrogen-bond acceptors (Lipinski definition) is 6. The van der Waals surface area contributed by atoms with Gasteiger partial charge in [-0.3, -0.25) is 9.59 Å². The number of hydrogen-bond donors (Lipinski definition) is 1. The van der Waals surface area contributed by atoms with Crippen molar-refractivity contribution in [2.45, 2.75) is 53.0 Å². The van der Waals surface area contributed by atoms with Crippen molar-refractivity contribution in [3.63, 3.8) is 0 Å². The van der Waals surface area contributed by atoms with Gasteiger partial charge in [-0.05, 0) is 26.3 Å². The lowest BCUT2D eigenvalue weighted by Crippen LogP contribution is -2.36. The van der Waals surface area contributed by atoms with Crippen LogP contribution >= 0.6 is 0 Å². The Morgan fingerprint density at radius 1 is 1.29 bits per heavy atom. The number of nitrogens with zero attached hydrogens (tertiary/aromatic N) is 4. The Bertz CT molecular complexity index is 829. The molecule has 2 aromatic rings. The minimum absolute atomic E-state index is 0.0763. The van der Waals surface area contributed by atoms with E-state index in [4.69, 9.17) is 4.52 Å². The van der Waals surface area contributed by atoms with Gasteiger partial charge < -0.3 is 9.84 Å². The van der Waals surface area contributed by atoms with Crippen LogP contribution in [0.1, 0.15) is 67.1 Å². The van der Waals surface area contributed by atoms with Crippen LogP contribution in [0.4, 0.5) is 0 Å². The summed E-state index contributed by atoms with van der Waals surface area (Å²) >= 11 is 0. The molecule has 0 aromatic carbocycles. The molecule has 0 aliphatic heterocycles. The lowest BCUT2D eigenvalue weighted by Gasteiger charge is -2.13. The van der Waals surface area contributed by atoms with Crippen molar-refractivity contribution in [3.8, 4) is 0 Å². The molecule has 0 saturated heterocycles. The molecule has 130 valence electrons. The maximum atomic E-state index is 12.5. The summed E-state index contributed by atoms with van der Waals surface area (Å²) in [5, 5.41) is 10.7. The zero-order valence-corrected chi connectivity index (χ0v) is 15.1. The van der Waals surface area contributed by atoms with E-state index in [-0.39, 0.29) is 11.0 Å². The average Bonchev–Trinajstić information content (AvgIpc) is 2.95. The lowest BCUT2D eigenvalue weighted by atomic mass is 9.96. The fraction of sp³-hybridized carbons (Fsp3) is 0.562. The van der Waals surface area contributed by atoms with Crippen molar-refractivity contribution in [3.05, 3.63) is 38.9 Å². The van der Waals surface area contributed by atoms with Gasteiger partial charge in [0.25, 0.3) is 11.5 Å². The van der Waals surface area contributed by atoms with Gasteiger partial charge in [0, 0.05) is 12.5 Å². The first-order valence-electron chi connectivity index (χ1n) is 7.71. The van der Waals surface area contributed by atoms with Crippen LogP contribution in [-0.4, -0.2) is 25.8 Å². The maximum absolute atomic E-state index is 12.5. The van der Waals surface area contributed by atoms with Gasteiger partial charge in [-0.2, -0.15) is 10.1 Å². The second kappa shape index (κ2) is 6.18. The van der Waals surface area contributed by atoms with Crippen LogP contribution in [0.25, 0.3) is 0 Å². The SMILES string of the molecule is Cc1nn(C)c(=O)c(C(=O)N[C@@H](C)c2nc(C(C)(C)C)no2)c1C. The van der Waals surface area contributed by atoms with E-state index in [0.29, 0.717) is 23.0 Å². The van der Waals surface area contributed by atoms with E-state index in [9.17, 15) is 9.59 Å². The van der Waals surface area contributed by atoms with E-state index in [1.807, 2.05) is 20.8 Å². The molecule has 0 saturated carbocycles. The topological polar surface area (TPSA) is 103 Å². The fourth-order valence-corrected chi connectivity index (χ4v) is 2.16. The minimum Gasteiger partial charge on any atom is -0.340 e. The van der Waals surface area contributed by atoms with Crippen molar-refractivity contribution < 1.29 is 9.32 Å². The van der Waals surface area contributed by atoms with Gasteiger partial charge in [0.1, 0.15) is 11.6 Å². The van der Waals surface area contributed by atoms with Crippen molar-refractivity contribution in [2.75, 3.05) is 0 Å². The predicted molar refractivity (Wildman–Crippen MR) is 87.8 cm³/mol. The molecule has 1 amide bonds. The first-order valence-corrected chi connectivity index (χ1v) is 7.71. The Balaban J connectivity index is 2.27. The zero-order chi connectivity index (χ0) is 18.2. The molecule has 8 nitrogen and oxygen atoms in total. The van der Waals surface area contributed by atoms with Crippen molar-refractivity contribution >= 4 is 5.91 Å². The molecule has 2 rings (SSSR count). The van der Waals surface area contributed by atoms with E-state index in [1.54, 1.807) is 20.8 Å². The molecule has 2 heterocycles. The molecule has 0 fully saturated rings. The number of aryl methyl sites for hydroxylation is 2. The number of rotatable bonds is 3. The Labute approximate surface area is 140 Å². The molecular weight excluding hydrogens is 310 g/mol. The summed E-state index contributed by atoms with van der Waals surface area (Å²) < 4.78 is 6.39. The number of nitrogens with one attached hydrogen (secondary N) is 1. The van der Waals surface area contributed by atoms with Crippen LogP contribution in [0, 0.1) is 13.8 Å². The summed E-state index contributed by atoms with van der Waals surface area (Å²) in [6.45, 7) is 11.1. The normalized spacial score (nSPS) is 13.0. The van der Waals surface area contributed by atoms with Gasteiger partial charge in [0.05, 0.1) is 5.69 Å². The van der Waals surface area contributed by atoms with Crippen LogP contribution in [0.3, 0.4) is 0 Å². The first-order chi connectivity index (χ1) is 11.0. The van der Waals surface area contributed by atoms with Crippen molar-refractivity contribution in [1.82, 2.24) is 25.2 Å². The van der Waals surface area contributed by atoms with Gasteiger partial charge in [-0.25, -0.2) is 4.68 Å². The largest absolute Gasteiger partial charge is 0.340 e. The van der Waals surface area contributed by atoms with E-state index in [2.05, 4.69) is 20.6 Å². The van der Waals surface area contributed by atoms with Crippen LogP contribution in [-0.2, 0) is 12.5 Å². The highest BCUT2D eigenvalue weighted by Gasteiger charge is 2.25. The lowest BCUT2D eigenvalue weighted by molar-refractivity contribution is 0.0929. The van der Waals surface area contributed by atoms with Gasteiger partial charge in [-0.15, -0.1) is 0 Å². The Morgan fingerprint density at radius 3 is 2.46 bits per heavy atom. The zero-order valence-electron chi connectivity index (χ0n) is 15.1. The maximum Gasteiger partial charge on any atom is 0.279 e. The van der Waals surface area contributed by atoms with Crippen molar-refractivity contribution in [1.29, 1.82) is 0 Å². The number of aromatic nitrogens is 4. The standard InChI is InChI=1S/C16H23N5O3/c1-8-9(2)19-21(7)14(23)11(8)12(22)17-10(3)13-18-15(20-24-13)16(4,5)6/h10H,1-7H3,(H,17,22)/t10-/m0/s1. The molecule has 0 spiro atoms. The van der Waals surface area contributed by atoms with Crippen LogP contribution in [0.2, 0.25) is 0 Å². The van der Waals surface area contributed by atoms with E-state index < -0.39 is 17.5 Å². The summed E-state index contributed by atoms with van der Waals surface area (Å²) in [6, 6.07) is -0.515. The van der Waals surface area contributed by atoms with E-state index in [0.717, 1.165) is 4.68 Å². The smallest absolute Gasteiger partial charge is 0.279 e. The van der Waals surface area contributed by atoms with Gasteiger partial charge >= 0.3 is 0 Å². The Kier molecular flexibility index (Phi) is 4.59. The molecular formula is C16H23N5O3. The highest BCUT2D eigenvalue weighted by molar-refractivity contribution is 5.95. The monoisotopic (exact) mass is 333 g/mol. The van der Waals surface area contributed by atoms with E-state index >= 15 is 0 Å². The van der Waals surface area contributed by atoms with Crippen molar-refractivity contribution in [2.24, 2.45) is 7.05 Å². The molecule has 0 bridgehead atoms. The number of amides is 1. The highest BCUT2D eigenvalue weighted by atomic mass is 16.5. The van der Waals surface area contributed by atoms with Crippen LogP contribution in [0.15, 0.2) is 9.32 Å². The molecule has 1 atom stereocenters. The minimum atomic E-state index is -0.515. The fourth-order valence-electron chi connectivity index (χ4n) is 2.16. The van der Waals surface area contributed by atoms with Gasteiger partial charge in [0.15, 0.2) is 5.82 Å². The second-order valence-electron chi connectivity index (χ2n) is 6.92. The molecule has 24 heavy (non-hydrogen) atoms. The Morgan fingerprint density at radius 2 is 1.92 bits per heavy atom. The molecule has 0 unspecified atom stereocenters. The first kappa shape index (κ1) is 17.8. The molecule has 0 aliphatic rings. The summed E-state index contributed by atoms with van der Waals surface area (Å²) in [7, 11) is 1.52. The van der Waals surface area contributed by atoms with Gasteiger partial charge in [0.2, 0.25) is 5.89 Å². The van der Waals surface area contributed by atoms with Gasteiger partial charge in [-0.1, -0.05) is 25.9 Å². The molecule has 0 radical (unpaired) electrons. The highest BCUT2D eigenvalue weighted by Crippen LogP contribution is 2.21. The third-order valence-electron chi connectivity index (χ3n) is 3.78. The average molecular weight is 333 g/mol. The molecule has 2 aromatic heterocycles. The summed E-state index contributed by atoms with van der Waals surface area (Å²) in [6.07, 6.45) is 0. The quantitative estimate of drug-likeness (QED) is 0.914.